The number of rotatable bonds is 5. The molecule has 0 bridgehead atoms. The Bertz CT molecular complexity index is 1430. The van der Waals surface area contributed by atoms with E-state index in [1.54, 1.807) is 6.92 Å². The van der Waals surface area contributed by atoms with Crippen molar-refractivity contribution in [3.05, 3.63) is 69.3 Å². The van der Waals surface area contributed by atoms with E-state index in [9.17, 15) is 19.3 Å². The van der Waals surface area contributed by atoms with Gasteiger partial charge in [0.05, 0.1) is 27.6 Å². The molecule has 4 aromatic rings. The van der Waals surface area contributed by atoms with Crippen molar-refractivity contribution in [3.63, 3.8) is 0 Å². The number of carbonyl (C=O) groups is 1. The number of benzene rings is 2. The molecule has 1 aliphatic rings. The summed E-state index contributed by atoms with van der Waals surface area (Å²) in [7, 11) is 0. The lowest BCUT2D eigenvalue weighted by molar-refractivity contribution is -0.383. The fourth-order valence-electron chi connectivity index (χ4n) is 3.78. The summed E-state index contributed by atoms with van der Waals surface area (Å²) in [5, 5.41) is 18.9. The molecule has 0 radical (unpaired) electrons. The minimum atomic E-state index is -0.617. The molecule has 2 heterocycles. The molecule has 166 valence electrons. The van der Waals surface area contributed by atoms with Crippen molar-refractivity contribution in [2.75, 3.05) is 10.6 Å². The fraction of sp³-hybridized carbons (Fsp3) is 0.190. The van der Waals surface area contributed by atoms with Crippen LogP contribution in [0.15, 0.2) is 41.2 Å². The lowest BCUT2D eigenvalue weighted by Gasteiger charge is -2.26. The van der Waals surface area contributed by atoms with Gasteiger partial charge in [0.2, 0.25) is 11.5 Å². The zero-order valence-corrected chi connectivity index (χ0v) is 17.2. The van der Waals surface area contributed by atoms with E-state index in [4.69, 9.17) is 10.4 Å². The van der Waals surface area contributed by atoms with Gasteiger partial charge < -0.3 is 5.73 Å². The molecule has 2 N–H and O–H groups in total. The maximum atomic E-state index is 14.1. The number of nitrogens with zero attached hydrogens (tertiary/aromatic N) is 6. The molecule has 33 heavy (non-hydrogen) atoms. The summed E-state index contributed by atoms with van der Waals surface area (Å²) in [5.41, 5.74) is 6.94. The molecular weight excluding hydrogens is 433 g/mol. The predicted octanol–water partition coefficient (Wildman–Crippen LogP) is 3.81. The summed E-state index contributed by atoms with van der Waals surface area (Å²) in [4.78, 5) is 34.0. The van der Waals surface area contributed by atoms with Gasteiger partial charge in [0, 0.05) is 12.3 Å². The van der Waals surface area contributed by atoms with Crippen LogP contribution in [0, 0.1) is 22.9 Å². The average Bonchev–Trinajstić information content (AvgIpc) is 3.50. The molecule has 2 aromatic carbocycles. The van der Waals surface area contributed by atoms with Gasteiger partial charge in [-0.25, -0.2) is 19.0 Å². The van der Waals surface area contributed by atoms with Crippen LogP contribution in [0.25, 0.3) is 11.0 Å². The van der Waals surface area contributed by atoms with Gasteiger partial charge in [0.1, 0.15) is 5.82 Å². The molecule has 0 atom stereocenters. The van der Waals surface area contributed by atoms with Gasteiger partial charge in [-0.2, -0.15) is 0 Å². The first kappa shape index (κ1) is 20.4. The molecule has 1 saturated carbocycles. The maximum absolute atomic E-state index is 14.1. The van der Waals surface area contributed by atoms with Crippen LogP contribution in [-0.4, -0.2) is 31.1 Å². The van der Waals surface area contributed by atoms with Crippen LogP contribution < -0.4 is 10.6 Å². The van der Waals surface area contributed by atoms with Crippen molar-refractivity contribution < 1.29 is 18.7 Å². The van der Waals surface area contributed by atoms with Crippen LogP contribution in [0.4, 0.5) is 27.4 Å². The summed E-state index contributed by atoms with van der Waals surface area (Å²) in [6.45, 7) is 1.61. The first-order valence-electron chi connectivity index (χ1n) is 9.98. The van der Waals surface area contributed by atoms with E-state index in [1.165, 1.54) is 41.4 Å². The lowest BCUT2D eigenvalue weighted by Crippen LogP contribution is -2.28. The molecular formula is C21H16FN7O4. The third-order valence-electron chi connectivity index (χ3n) is 5.49. The molecule has 2 aromatic heterocycles. The van der Waals surface area contributed by atoms with Crippen molar-refractivity contribution in [3.8, 4) is 0 Å². The maximum Gasteiger partial charge on any atom is 0.300 e. The third kappa shape index (κ3) is 3.50. The minimum absolute atomic E-state index is 0.00878. The smallest absolute Gasteiger partial charge is 0.300 e. The van der Waals surface area contributed by atoms with Crippen molar-refractivity contribution in [2.45, 2.75) is 25.7 Å². The fourth-order valence-corrected chi connectivity index (χ4v) is 3.78. The Morgan fingerprint density at radius 2 is 1.94 bits per heavy atom. The summed E-state index contributed by atoms with van der Waals surface area (Å²) < 4.78 is 18.9. The zero-order chi connectivity index (χ0) is 23.3. The van der Waals surface area contributed by atoms with Gasteiger partial charge in [-0.05, 0) is 65.8 Å². The molecule has 0 aliphatic heterocycles. The van der Waals surface area contributed by atoms with Crippen LogP contribution in [0.1, 0.15) is 40.4 Å². The van der Waals surface area contributed by atoms with Gasteiger partial charge >= 0.3 is 5.69 Å². The predicted molar refractivity (Wildman–Crippen MR) is 114 cm³/mol. The molecule has 1 aliphatic carbocycles. The Kier molecular flexibility index (Phi) is 4.69. The van der Waals surface area contributed by atoms with E-state index in [1.807, 2.05) is 0 Å². The van der Waals surface area contributed by atoms with Gasteiger partial charge in [-0.1, -0.05) is 0 Å². The van der Waals surface area contributed by atoms with Crippen molar-refractivity contribution in [2.24, 2.45) is 0 Å². The van der Waals surface area contributed by atoms with Crippen LogP contribution in [-0.2, 0) is 0 Å². The summed E-state index contributed by atoms with van der Waals surface area (Å²) >= 11 is 0. The molecule has 11 nitrogen and oxygen atoms in total. The molecule has 12 heteroatoms. The number of halogens is 1. The monoisotopic (exact) mass is 449 g/mol. The quantitative estimate of drug-likeness (QED) is 0.354. The highest BCUT2D eigenvalue weighted by Crippen LogP contribution is 2.47. The Labute approximate surface area is 185 Å². The number of nitro benzene ring substituents is 1. The second kappa shape index (κ2) is 7.58. The number of hydrogen-bond donors (Lipinski definition) is 1. The second-order valence-corrected chi connectivity index (χ2v) is 7.67. The Hall–Kier alpha value is -4.48. The molecule has 0 spiro atoms. The first-order valence-corrected chi connectivity index (χ1v) is 9.98. The van der Waals surface area contributed by atoms with Crippen molar-refractivity contribution >= 4 is 40.0 Å². The molecule has 5 rings (SSSR count). The third-order valence-corrected chi connectivity index (χ3v) is 5.49. The molecule has 0 unspecified atom stereocenters. The van der Waals surface area contributed by atoms with Crippen molar-refractivity contribution in [1.82, 2.24) is 20.3 Å². The van der Waals surface area contributed by atoms with E-state index in [0.29, 0.717) is 16.9 Å². The van der Waals surface area contributed by atoms with Gasteiger partial charge in [-0.3, -0.25) is 19.8 Å². The highest BCUT2D eigenvalue weighted by atomic mass is 19.1. The summed E-state index contributed by atoms with van der Waals surface area (Å²) in [6.07, 6.45) is 3.00. The topological polar surface area (TPSA) is 154 Å². The van der Waals surface area contributed by atoms with Crippen molar-refractivity contribution in [1.29, 1.82) is 0 Å². The number of non-ortho nitro benzene ring substituents is 1. The average molecular weight is 449 g/mol. The number of carbonyl (C=O) groups excluding carboxylic acids is 1. The number of aromatic nitrogens is 4. The van der Waals surface area contributed by atoms with E-state index < -0.39 is 16.6 Å². The second-order valence-electron chi connectivity index (χ2n) is 7.67. The minimum Gasteiger partial charge on any atom is -0.368 e. The number of hydrogen-bond acceptors (Lipinski definition) is 9. The highest BCUT2D eigenvalue weighted by molar-refractivity contribution is 6.15. The van der Waals surface area contributed by atoms with Gasteiger partial charge in [0.15, 0.2) is 5.52 Å². The van der Waals surface area contributed by atoms with E-state index in [0.717, 1.165) is 12.8 Å². The number of amides is 1. The standard InChI is InChI=1S/C21H16FN7O4/c1-10-14(9-24-21(23)25-10)20(30)28(15-5-4-12(22)8-13(15)11-2-3-11)16-6-7-17(29(31)32)19-18(16)26-33-27-19/h4-9,11H,2-3H2,1H3,(H2,23,24,25). The summed E-state index contributed by atoms with van der Waals surface area (Å²) in [5.74, 6) is -0.885. The van der Waals surface area contributed by atoms with Gasteiger partial charge in [-0.15, -0.1) is 0 Å². The molecule has 1 fully saturated rings. The van der Waals surface area contributed by atoms with Crippen LogP contribution >= 0.6 is 0 Å². The SMILES string of the molecule is Cc1nc(N)ncc1C(=O)N(c1ccc(F)cc1C1CC1)c1ccc([N+](=O)[O-])c2nonc12. The van der Waals surface area contributed by atoms with E-state index >= 15 is 0 Å². The number of nitrogens with two attached hydrogens (primary N) is 1. The van der Waals surface area contributed by atoms with Crippen LogP contribution in [0.2, 0.25) is 0 Å². The Morgan fingerprint density at radius 3 is 2.64 bits per heavy atom. The molecule has 0 saturated heterocycles. The number of aryl methyl sites for hydroxylation is 1. The van der Waals surface area contributed by atoms with E-state index in [-0.39, 0.29) is 39.8 Å². The number of nitro groups is 1. The number of anilines is 3. The summed E-state index contributed by atoms with van der Waals surface area (Å²) in [6, 6.07) is 6.74. The number of fused-ring (bicyclic) bond motifs is 1. The highest BCUT2D eigenvalue weighted by Gasteiger charge is 2.34. The van der Waals surface area contributed by atoms with Gasteiger partial charge in [0.25, 0.3) is 5.91 Å². The largest absolute Gasteiger partial charge is 0.368 e. The molecule has 1 amide bonds. The van der Waals surface area contributed by atoms with Crippen LogP contribution in [0.3, 0.4) is 0 Å². The lowest BCUT2D eigenvalue weighted by atomic mass is 10.0. The number of nitrogen functional groups attached to an aromatic ring is 1. The van der Waals surface area contributed by atoms with Crippen LogP contribution in [0.5, 0.6) is 0 Å². The Balaban J connectivity index is 1.77. The van der Waals surface area contributed by atoms with E-state index in [2.05, 4.69) is 20.3 Å². The Morgan fingerprint density at radius 1 is 1.21 bits per heavy atom. The zero-order valence-electron chi connectivity index (χ0n) is 17.2. The first-order chi connectivity index (χ1) is 15.8. The normalized spacial score (nSPS) is 13.3.